The summed E-state index contributed by atoms with van der Waals surface area (Å²) >= 11 is 7.12. The summed E-state index contributed by atoms with van der Waals surface area (Å²) in [5, 5.41) is 0. The predicted octanol–water partition coefficient (Wildman–Crippen LogP) is 3.60. The molecule has 1 atom stereocenters. The second kappa shape index (κ2) is 6.56. The molecular formula is C10H7Br2CoO. The minimum absolute atomic E-state index is 0.133. The summed E-state index contributed by atoms with van der Waals surface area (Å²) in [7, 11) is 0. The van der Waals surface area contributed by atoms with E-state index < -0.39 is 0 Å². The maximum absolute atomic E-state index is 10.4. The van der Waals surface area contributed by atoms with Crippen LogP contribution in [0.1, 0.15) is 17.0 Å². The molecule has 1 aliphatic rings. The molecule has 4 heteroatoms. The van der Waals surface area contributed by atoms with Crippen molar-refractivity contribution >= 4 is 40.7 Å². The Hall–Kier alpha value is 0.0965. The molecule has 0 aliphatic heterocycles. The van der Waals surface area contributed by atoms with Crippen LogP contribution in [0, 0.1) is 0 Å². The molecule has 0 saturated carbocycles. The van der Waals surface area contributed by atoms with Crippen LogP contribution in [0.3, 0.4) is 0 Å². The molecular weight excluding hydrogens is 355 g/mol. The fourth-order valence-electron chi connectivity index (χ4n) is 1.35. The Morgan fingerprint density at radius 1 is 1.29 bits per heavy atom. The molecule has 1 aliphatic carbocycles. The Morgan fingerprint density at radius 2 is 1.93 bits per heavy atom. The second-order valence-corrected chi connectivity index (χ2v) is 7.88. The van der Waals surface area contributed by atoms with E-state index in [1.54, 1.807) is 0 Å². The Labute approximate surface area is 103 Å². The molecule has 76 valence electrons. The van der Waals surface area contributed by atoms with Gasteiger partial charge in [0.1, 0.15) is 0 Å². The van der Waals surface area contributed by atoms with Gasteiger partial charge in [0.05, 0.1) is 0 Å². The Balaban J connectivity index is 0.000000293. The van der Waals surface area contributed by atoms with E-state index >= 15 is 0 Å². The van der Waals surface area contributed by atoms with Gasteiger partial charge in [-0.25, -0.2) is 0 Å². The van der Waals surface area contributed by atoms with Gasteiger partial charge in [-0.3, -0.25) is 6.29 Å². The second-order valence-electron chi connectivity index (χ2n) is 2.63. The molecule has 0 bridgehead atoms. The van der Waals surface area contributed by atoms with Crippen molar-refractivity contribution in [3.63, 3.8) is 0 Å². The third kappa shape index (κ3) is 3.05. The first-order chi connectivity index (χ1) is 6.83. The minimum atomic E-state index is -0.133. The summed E-state index contributed by atoms with van der Waals surface area (Å²) in [4.78, 5) is 10.4. The van der Waals surface area contributed by atoms with Crippen molar-refractivity contribution in [3.05, 3.63) is 41.5 Å². The summed E-state index contributed by atoms with van der Waals surface area (Å²) in [5.74, 6) is -0.133. The van der Waals surface area contributed by atoms with Gasteiger partial charge in [-0.2, -0.15) is 0 Å². The summed E-state index contributed by atoms with van der Waals surface area (Å²) in [6, 6.07) is 7.88. The molecule has 1 unspecified atom stereocenters. The number of benzene rings is 1. The van der Waals surface area contributed by atoms with Gasteiger partial charge in [0.2, 0.25) is 0 Å². The van der Waals surface area contributed by atoms with Crippen molar-refractivity contribution in [2.24, 2.45) is 0 Å². The van der Waals surface area contributed by atoms with Crippen molar-refractivity contribution in [2.45, 2.75) is 5.92 Å². The normalized spacial score (nSPS) is 17.1. The Bertz CT molecular complexity index is 339. The van der Waals surface area contributed by atoms with Crippen LogP contribution in [0.15, 0.2) is 30.3 Å². The third-order valence-corrected chi connectivity index (χ3v) is 1.93. The fourth-order valence-corrected chi connectivity index (χ4v) is 1.35. The summed E-state index contributed by atoms with van der Waals surface area (Å²) in [5.41, 5.74) is 2.21. The number of hydrogen-bond donors (Lipinski definition) is 0. The maximum atomic E-state index is 10.4. The van der Waals surface area contributed by atoms with Gasteiger partial charge in [-0.1, -0.05) is 41.8 Å². The number of allylic oxidation sites excluding steroid dienone is 1. The third-order valence-electron chi connectivity index (χ3n) is 1.93. The fraction of sp³-hybridized carbons (Fsp3) is 0.100. The average Bonchev–Trinajstić information content (AvgIpc) is 2.62. The van der Waals surface area contributed by atoms with Crippen LogP contribution in [0.2, 0.25) is 0 Å². The van der Waals surface area contributed by atoms with Crippen LogP contribution in [0.5, 0.6) is 0 Å². The van der Waals surface area contributed by atoms with Gasteiger partial charge in [0, 0.05) is 0 Å². The van der Waals surface area contributed by atoms with Gasteiger partial charge in [-0.15, -0.1) is 6.08 Å². The van der Waals surface area contributed by atoms with Crippen LogP contribution in [-0.4, -0.2) is 6.29 Å². The SMILES string of the molecule is O=[C-]C1C=Cc2ccccc21.[Br][Co+][Br]. The Morgan fingerprint density at radius 3 is 2.57 bits per heavy atom. The van der Waals surface area contributed by atoms with E-state index in [4.69, 9.17) is 0 Å². The van der Waals surface area contributed by atoms with E-state index in [-0.39, 0.29) is 5.92 Å². The topological polar surface area (TPSA) is 17.1 Å². The van der Waals surface area contributed by atoms with E-state index in [1.807, 2.05) is 42.7 Å². The monoisotopic (exact) mass is 360 g/mol. The zero-order valence-corrected chi connectivity index (χ0v) is 11.3. The quantitative estimate of drug-likeness (QED) is 0.698. The van der Waals surface area contributed by atoms with E-state index in [9.17, 15) is 4.79 Å². The summed E-state index contributed by atoms with van der Waals surface area (Å²) < 4.78 is 0. The van der Waals surface area contributed by atoms with Gasteiger partial charge in [0.25, 0.3) is 0 Å². The first kappa shape index (κ1) is 12.2. The molecule has 14 heavy (non-hydrogen) atoms. The average molecular weight is 362 g/mol. The molecule has 1 aromatic rings. The van der Waals surface area contributed by atoms with Gasteiger partial charge >= 0.3 is 39.5 Å². The molecule has 1 aromatic carbocycles. The van der Waals surface area contributed by atoms with E-state index in [1.165, 1.54) is 0 Å². The summed E-state index contributed by atoms with van der Waals surface area (Å²) in [6.45, 7) is 0. The number of rotatable bonds is 1. The first-order valence-electron chi connectivity index (χ1n) is 3.82. The van der Waals surface area contributed by atoms with E-state index in [0.717, 1.165) is 22.2 Å². The van der Waals surface area contributed by atoms with Crippen molar-refractivity contribution < 1.29 is 15.9 Å². The molecule has 0 fully saturated rings. The van der Waals surface area contributed by atoms with Gasteiger partial charge < -0.3 is 4.79 Å². The van der Waals surface area contributed by atoms with Crippen LogP contribution in [0.4, 0.5) is 0 Å². The molecule has 2 rings (SSSR count). The van der Waals surface area contributed by atoms with Crippen LogP contribution in [-0.2, 0) is 15.9 Å². The Kier molecular flexibility index (Phi) is 5.70. The van der Waals surface area contributed by atoms with Crippen LogP contribution in [0.25, 0.3) is 6.08 Å². The standard InChI is InChI=1S/C10H7O.2BrH.Co/c11-7-9-6-5-8-3-1-2-4-10(8)9;;;/h1-6,9H;2*1H;/q-1;;;+3/p-2. The van der Waals surface area contributed by atoms with Gasteiger partial charge in [0.15, 0.2) is 0 Å². The molecule has 0 radical (unpaired) electrons. The molecule has 0 saturated heterocycles. The van der Waals surface area contributed by atoms with Crippen molar-refractivity contribution in [1.29, 1.82) is 0 Å². The van der Waals surface area contributed by atoms with Gasteiger partial charge in [-0.05, 0) is 5.56 Å². The number of carbonyl (C=O) groups excluding carboxylic acids is 1. The van der Waals surface area contributed by atoms with Crippen molar-refractivity contribution in [2.75, 3.05) is 0 Å². The molecule has 0 amide bonds. The van der Waals surface area contributed by atoms with E-state index in [2.05, 4.69) is 28.3 Å². The predicted molar refractivity (Wildman–Crippen MR) is 61.8 cm³/mol. The zero-order valence-electron chi connectivity index (χ0n) is 7.04. The summed E-state index contributed by atoms with van der Waals surface area (Å²) in [6.07, 6.45) is 5.82. The van der Waals surface area contributed by atoms with Crippen molar-refractivity contribution in [1.82, 2.24) is 0 Å². The zero-order chi connectivity index (χ0) is 10.4. The van der Waals surface area contributed by atoms with Crippen LogP contribution >= 0.6 is 28.3 Å². The van der Waals surface area contributed by atoms with Crippen molar-refractivity contribution in [3.8, 4) is 0 Å². The molecule has 0 aromatic heterocycles. The molecule has 0 heterocycles. The number of hydrogen-bond acceptors (Lipinski definition) is 1. The molecule has 0 spiro atoms. The number of halogens is 2. The number of fused-ring (bicyclic) bond motifs is 1. The molecule has 0 N–H and O–H groups in total. The van der Waals surface area contributed by atoms with Crippen LogP contribution < -0.4 is 0 Å². The first-order valence-corrected chi connectivity index (χ1v) is 8.96. The molecule has 1 nitrogen and oxygen atoms in total. The van der Waals surface area contributed by atoms with E-state index in [0.29, 0.717) is 0 Å².